The van der Waals surface area contributed by atoms with Gasteiger partial charge in [-0.15, -0.1) is 11.3 Å². The minimum Gasteiger partial charge on any atom is -0.351 e. The van der Waals surface area contributed by atoms with Crippen molar-refractivity contribution in [2.45, 2.75) is 38.5 Å². The van der Waals surface area contributed by atoms with Gasteiger partial charge in [-0.1, -0.05) is 6.07 Å². The molecule has 5 heteroatoms. The number of anilines is 1. The first-order valence-corrected chi connectivity index (χ1v) is 11.2. The average Bonchev–Trinajstić information content (AvgIpc) is 3.21. The van der Waals surface area contributed by atoms with Gasteiger partial charge in [0.1, 0.15) is 0 Å². The molecule has 1 aromatic carbocycles. The van der Waals surface area contributed by atoms with E-state index in [-0.39, 0.29) is 11.8 Å². The number of carbonyl (C=O) groups excluding carboxylic acids is 2. The molecule has 4 fully saturated rings. The van der Waals surface area contributed by atoms with Crippen molar-refractivity contribution in [1.29, 1.82) is 0 Å². The fourth-order valence-corrected chi connectivity index (χ4v) is 6.80. The predicted octanol–water partition coefficient (Wildman–Crippen LogP) is 4.95. The average molecular weight is 395 g/mol. The van der Waals surface area contributed by atoms with E-state index in [2.05, 4.69) is 10.6 Å². The quantitative estimate of drug-likeness (QED) is 0.754. The number of nitrogens with one attached hydrogen (secondary N) is 2. The summed E-state index contributed by atoms with van der Waals surface area (Å²) in [6.45, 7) is 0.812. The van der Waals surface area contributed by atoms with Crippen LogP contribution >= 0.6 is 11.3 Å². The molecule has 2 amide bonds. The van der Waals surface area contributed by atoms with E-state index in [1.807, 2.05) is 11.4 Å². The SMILES string of the molecule is O=C(NCC12CC3CC(CC(C3)C1)C2)c1ccc(NC(=O)c2cccs2)cc1. The van der Waals surface area contributed by atoms with Crippen LogP contribution < -0.4 is 10.6 Å². The lowest BCUT2D eigenvalue weighted by atomic mass is 9.49. The monoisotopic (exact) mass is 394 g/mol. The molecular formula is C23H26N2O2S. The van der Waals surface area contributed by atoms with Gasteiger partial charge in [0.05, 0.1) is 4.88 Å². The van der Waals surface area contributed by atoms with Gasteiger partial charge in [-0.3, -0.25) is 9.59 Å². The largest absolute Gasteiger partial charge is 0.351 e. The molecule has 2 N–H and O–H groups in total. The highest BCUT2D eigenvalue weighted by atomic mass is 32.1. The molecular weight excluding hydrogens is 368 g/mol. The molecule has 2 aromatic rings. The van der Waals surface area contributed by atoms with Crippen molar-refractivity contribution in [3.05, 3.63) is 52.2 Å². The Bertz CT molecular complexity index is 837. The first-order valence-electron chi connectivity index (χ1n) is 10.3. The number of hydrogen-bond acceptors (Lipinski definition) is 3. The van der Waals surface area contributed by atoms with Crippen LogP contribution in [0.4, 0.5) is 5.69 Å². The van der Waals surface area contributed by atoms with Gasteiger partial charge in [0.2, 0.25) is 0 Å². The Kier molecular flexibility index (Phi) is 4.50. The second-order valence-electron chi connectivity index (χ2n) is 9.11. The van der Waals surface area contributed by atoms with E-state index in [4.69, 9.17) is 0 Å². The fourth-order valence-electron chi connectivity index (χ4n) is 6.18. The van der Waals surface area contributed by atoms with E-state index in [1.54, 1.807) is 30.3 Å². The molecule has 4 nitrogen and oxygen atoms in total. The maximum absolute atomic E-state index is 12.7. The standard InChI is InChI=1S/C23H26N2O2S/c26-21(24-14-23-11-15-8-16(12-23)10-17(9-15)13-23)18-3-5-19(6-4-18)25-22(27)20-2-1-7-28-20/h1-7,15-17H,8-14H2,(H,24,26)(H,25,27). The van der Waals surface area contributed by atoms with E-state index < -0.39 is 0 Å². The highest BCUT2D eigenvalue weighted by Gasteiger charge is 2.50. The zero-order chi connectivity index (χ0) is 19.1. The molecule has 0 spiro atoms. The lowest BCUT2D eigenvalue weighted by molar-refractivity contribution is -0.0503. The van der Waals surface area contributed by atoms with Crippen LogP contribution in [0.25, 0.3) is 0 Å². The van der Waals surface area contributed by atoms with Crippen LogP contribution in [0, 0.1) is 23.2 Å². The molecule has 0 unspecified atom stereocenters. The van der Waals surface area contributed by atoms with E-state index in [1.165, 1.54) is 49.9 Å². The minimum atomic E-state index is -0.117. The number of benzene rings is 1. The van der Waals surface area contributed by atoms with Crippen molar-refractivity contribution in [3.63, 3.8) is 0 Å². The van der Waals surface area contributed by atoms with Crippen molar-refractivity contribution < 1.29 is 9.59 Å². The van der Waals surface area contributed by atoms with Gasteiger partial charge in [-0.25, -0.2) is 0 Å². The van der Waals surface area contributed by atoms with Crippen molar-refractivity contribution in [3.8, 4) is 0 Å². The summed E-state index contributed by atoms with van der Waals surface area (Å²) in [6.07, 6.45) is 8.16. The summed E-state index contributed by atoms with van der Waals surface area (Å²) in [5.74, 6) is 2.57. The molecule has 4 aliphatic carbocycles. The van der Waals surface area contributed by atoms with E-state index in [0.29, 0.717) is 21.5 Å². The zero-order valence-corrected chi connectivity index (χ0v) is 16.8. The molecule has 1 aromatic heterocycles. The topological polar surface area (TPSA) is 58.2 Å². The Morgan fingerprint density at radius 2 is 1.57 bits per heavy atom. The third-order valence-electron chi connectivity index (χ3n) is 6.94. The molecule has 0 radical (unpaired) electrons. The van der Waals surface area contributed by atoms with Crippen LogP contribution in [0.3, 0.4) is 0 Å². The first kappa shape index (κ1) is 17.9. The van der Waals surface area contributed by atoms with Gasteiger partial charge < -0.3 is 10.6 Å². The van der Waals surface area contributed by atoms with E-state index >= 15 is 0 Å². The van der Waals surface area contributed by atoms with Crippen LogP contribution in [0.15, 0.2) is 41.8 Å². The Labute approximate surface area is 169 Å². The summed E-state index contributed by atoms with van der Waals surface area (Å²) in [5, 5.41) is 7.97. The number of carbonyl (C=O) groups is 2. The number of hydrogen-bond donors (Lipinski definition) is 2. The van der Waals surface area contributed by atoms with Gasteiger partial charge in [0.15, 0.2) is 0 Å². The summed E-state index contributed by atoms with van der Waals surface area (Å²) < 4.78 is 0. The maximum atomic E-state index is 12.7. The minimum absolute atomic E-state index is 0.00752. The number of rotatable bonds is 5. The highest BCUT2D eigenvalue weighted by molar-refractivity contribution is 7.12. The van der Waals surface area contributed by atoms with E-state index in [0.717, 1.165) is 24.3 Å². The van der Waals surface area contributed by atoms with Crippen molar-refractivity contribution in [2.75, 3.05) is 11.9 Å². The van der Waals surface area contributed by atoms with Crippen molar-refractivity contribution in [1.82, 2.24) is 5.32 Å². The van der Waals surface area contributed by atoms with Crippen molar-refractivity contribution in [2.24, 2.45) is 23.2 Å². The summed E-state index contributed by atoms with van der Waals surface area (Å²) >= 11 is 1.41. The first-order chi connectivity index (χ1) is 13.6. The summed E-state index contributed by atoms with van der Waals surface area (Å²) in [6, 6.07) is 10.8. The number of thiophene rings is 1. The highest BCUT2D eigenvalue weighted by Crippen LogP contribution is 2.59. The third-order valence-corrected chi connectivity index (χ3v) is 7.81. The molecule has 146 valence electrons. The Balaban J connectivity index is 1.19. The van der Waals surface area contributed by atoms with Gasteiger partial charge in [0, 0.05) is 17.8 Å². The second-order valence-corrected chi connectivity index (χ2v) is 10.1. The number of amides is 2. The van der Waals surface area contributed by atoms with Crippen molar-refractivity contribution >= 4 is 28.8 Å². The summed E-state index contributed by atoms with van der Waals surface area (Å²) in [7, 11) is 0. The van der Waals surface area contributed by atoms with E-state index in [9.17, 15) is 9.59 Å². The van der Waals surface area contributed by atoms with Gasteiger partial charge in [0.25, 0.3) is 11.8 Å². The van der Waals surface area contributed by atoms with Crippen LogP contribution in [0.2, 0.25) is 0 Å². The summed E-state index contributed by atoms with van der Waals surface area (Å²) in [4.78, 5) is 25.5. The molecule has 4 saturated carbocycles. The Hall–Kier alpha value is -2.14. The molecule has 4 aliphatic rings. The zero-order valence-electron chi connectivity index (χ0n) is 15.9. The summed E-state index contributed by atoms with van der Waals surface area (Å²) in [5.41, 5.74) is 1.70. The molecule has 4 bridgehead atoms. The maximum Gasteiger partial charge on any atom is 0.265 e. The second kappa shape index (κ2) is 7.03. The molecule has 6 rings (SSSR count). The smallest absolute Gasteiger partial charge is 0.265 e. The van der Waals surface area contributed by atoms with Crippen LogP contribution in [-0.2, 0) is 0 Å². The Morgan fingerprint density at radius 1 is 0.929 bits per heavy atom. The molecule has 0 saturated heterocycles. The molecule has 0 aliphatic heterocycles. The predicted molar refractivity (Wildman–Crippen MR) is 112 cm³/mol. The van der Waals surface area contributed by atoms with Crippen LogP contribution in [0.5, 0.6) is 0 Å². The lowest BCUT2D eigenvalue weighted by Crippen LogP contribution is -2.51. The fraction of sp³-hybridized carbons (Fsp3) is 0.478. The molecule has 1 heterocycles. The van der Waals surface area contributed by atoms with Gasteiger partial charge >= 0.3 is 0 Å². The lowest BCUT2D eigenvalue weighted by Gasteiger charge is -2.56. The molecule has 0 atom stereocenters. The van der Waals surface area contributed by atoms with Crippen LogP contribution in [0.1, 0.15) is 58.6 Å². The molecule has 28 heavy (non-hydrogen) atoms. The van der Waals surface area contributed by atoms with Crippen LogP contribution in [-0.4, -0.2) is 18.4 Å². The van der Waals surface area contributed by atoms with Gasteiger partial charge in [-0.05, 0) is 97.4 Å². The Morgan fingerprint density at radius 3 is 2.14 bits per heavy atom. The van der Waals surface area contributed by atoms with Gasteiger partial charge in [-0.2, -0.15) is 0 Å². The normalized spacial score (nSPS) is 30.2. The third kappa shape index (κ3) is 3.48.